The summed E-state index contributed by atoms with van der Waals surface area (Å²) in [6.07, 6.45) is 5.26. The van der Waals surface area contributed by atoms with Crippen LogP contribution >= 0.6 is 15.9 Å². The fraction of sp³-hybridized carbons (Fsp3) is 0.250. The van der Waals surface area contributed by atoms with E-state index in [2.05, 4.69) is 22.9 Å². The maximum Gasteiger partial charge on any atom is 0.185 e. The van der Waals surface area contributed by atoms with Gasteiger partial charge in [-0.1, -0.05) is 29.3 Å². The maximum atomic E-state index is 12.3. The van der Waals surface area contributed by atoms with Crippen molar-refractivity contribution in [1.82, 2.24) is 0 Å². The lowest BCUT2D eigenvalue weighted by molar-refractivity contribution is 0.104. The third-order valence-corrected chi connectivity index (χ3v) is 4.22. The highest BCUT2D eigenvalue weighted by Gasteiger charge is 2.10. The first kappa shape index (κ1) is 18.3. The van der Waals surface area contributed by atoms with Crippen molar-refractivity contribution in [1.29, 1.82) is 0 Å². The van der Waals surface area contributed by atoms with Gasteiger partial charge in [0.1, 0.15) is 11.5 Å². The Hall–Kier alpha value is -2.07. The Labute approximate surface area is 151 Å². The Kier molecular flexibility index (Phi) is 6.62. The molecule has 0 fully saturated rings. The first-order valence-corrected chi connectivity index (χ1v) is 8.61. The smallest absolute Gasteiger partial charge is 0.185 e. The van der Waals surface area contributed by atoms with E-state index in [1.165, 1.54) is 0 Å². The molecule has 0 aliphatic heterocycles. The molecule has 0 spiro atoms. The van der Waals surface area contributed by atoms with E-state index in [1.807, 2.05) is 24.3 Å². The molecule has 0 amide bonds. The monoisotopic (exact) mass is 388 g/mol. The molecule has 126 valence electrons. The van der Waals surface area contributed by atoms with Crippen molar-refractivity contribution in [2.45, 2.75) is 19.8 Å². The Morgan fingerprint density at radius 1 is 1.08 bits per heavy atom. The van der Waals surface area contributed by atoms with E-state index in [-0.39, 0.29) is 5.78 Å². The highest BCUT2D eigenvalue weighted by atomic mass is 79.9. The van der Waals surface area contributed by atoms with Crippen molar-refractivity contribution in [3.05, 3.63) is 63.6 Å². The third kappa shape index (κ3) is 4.48. The SMILES string of the molecule is CCCc1cc(OC)c(C=CC(=O)c2ccc(Br)cc2)cc1OC. The highest BCUT2D eigenvalue weighted by molar-refractivity contribution is 9.10. The Morgan fingerprint density at radius 3 is 2.33 bits per heavy atom. The van der Waals surface area contributed by atoms with Gasteiger partial charge in [0, 0.05) is 15.6 Å². The number of ketones is 1. The number of hydrogen-bond acceptors (Lipinski definition) is 3. The number of aryl methyl sites for hydroxylation is 1. The fourth-order valence-corrected chi connectivity index (χ4v) is 2.72. The van der Waals surface area contributed by atoms with Crippen molar-refractivity contribution < 1.29 is 14.3 Å². The average Bonchev–Trinajstić information content (AvgIpc) is 2.60. The summed E-state index contributed by atoms with van der Waals surface area (Å²) < 4.78 is 11.9. The standard InChI is InChI=1S/C20H21BrO3/c1-4-5-15-12-20(24-3)16(13-19(15)23-2)8-11-18(22)14-6-9-17(21)10-7-14/h6-13H,4-5H2,1-3H3. The average molecular weight is 389 g/mol. The molecule has 4 heteroatoms. The van der Waals surface area contributed by atoms with E-state index >= 15 is 0 Å². The first-order chi connectivity index (χ1) is 11.6. The summed E-state index contributed by atoms with van der Waals surface area (Å²) in [6, 6.07) is 11.2. The molecule has 0 radical (unpaired) electrons. The second-order valence-corrected chi connectivity index (χ2v) is 6.28. The van der Waals surface area contributed by atoms with Gasteiger partial charge >= 0.3 is 0 Å². The molecule has 0 N–H and O–H groups in total. The van der Waals surface area contributed by atoms with E-state index in [0.29, 0.717) is 5.56 Å². The summed E-state index contributed by atoms with van der Waals surface area (Å²) in [6.45, 7) is 2.12. The molecule has 0 saturated carbocycles. The van der Waals surface area contributed by atoms with Crippen LogP contribution in [0.3, 0.4) is 0 Å². The number of carbonyl (C=O) groups is 1. The molecule has 3 nitrogen and oxygen atoms in total. The second-order valence-electron chi connectivity index (χ2n) is 5.36. The molecule has 2 aromatic rings. The summed E-state index contributed by atoms with van der Waals surface area (Å²) in [7, 11) is 3.28. The van der Waals surface area contributed by atoms with Gasteiger partial charge in [0.15, 0.2) is 5.78 Å². The van der Waals surface area contributed by atoms with Crippen molar-refractivity contribution in [3.63, 3.8) is 0 Å². The lowest BCUT2D eigenvalue weighted by Gasteiger charge is -2.12. The molecule has 2 aromatic carbocycles. The molecule has 0 saturated heterocycles. The lowest BCUT2D eigenvalue weighted by atomic mass is 10.0. The Bertz CT molecular complexity index is 733. The number of halogens is 1. The van der Waals surface area contributed by atoms with Gasteiger partial charge < -0.3 is 9.47 Å². The van der Waals surface area contributed by atoms with Gasteiger partial charge in [0.05, 0.1) is 14.2 Å². The summed E-state index contributed by atoms with van der Waals surface area (Å²) in [4.78, 5) is 12.3. The van der Waals surface area contributed by atoms with Gasteiger partial charge in [0.2, 0.25) is 0 Å². The Balaban J connectivity index is 2.30. The number of rotatable bonds is 7. The molecule has 0 atom stereocenters. The van der Waals surface area contributed by atoms with Gasteiger partial charge in [-0.05, 0) is 60.5 Å². The number of hydrogen-bond donors (Lipinski definition) is 0. The topological polar surface area (TPSA) is 35.5 Å². The summed E-state index contributed by atoms with van der Waals surface area (Å²) in [5.41, 5.74) is 2.57. The molecular weight excluding hydrogens is 368 g/mol. The zero-order valence-electron chi connectivity index (χ0n) is 14.1. The van der Waals surface area contributed by atoms with Crippen LogP contribution in [0.25, 0.3) is 6.08 Å². The minimum absolute atomic E-state index is 0.0545. The molecule has 0 aliphatic carbocycles. The molecule has 0 unspecified atom stereocenters. The Morgan fingerprint density at radius 2 is 1.75 bits per heavy atom. The normalized spacial score (nSPS) is 10.8. The van der Waals surface area contributed by atoms with Crippen molar-refractivity contribution in [2.75, 3.05) is 14.2 Å². The molecule has 0 aromatic heterocycles. The van der Waals surface area contributed by atoms with Crippen LogP contribution < -0.4 is 9.47 Å². The summed E-state index contributed by atoms with van der Waals surface area (Å²) in [5.74, 6) is 1.49. The van der Waals surface area contributed by atoms with Crippen molar-refractivity contribution in [3.8, 4) is 11.5 Å². The molecule has 24 heavy (non-hydrogen) atoms. The molecule has 0 bridgehead atoms. The van der Waals surface area contributed by atoms with Gasteiger partial charge in [0.25, 0.3) is 0 Å². The van der Waals surface area contributed by atoms with Crippen LogP contribution in [0.1, 0.15) is 34.8 Å². The van der Waals surface area contributed by atoms with Crippen molar-refractivity contribution >= 4 is 27.8 Å². The number of benzene rings is 2. The van der Waals surface area contributed by atoms with Crippen LogP contribution in [0.4, 0.5) is 0 Å². The van der Waals surface area contributed by atoms with Crippen LogP contribution in [0, 0.1) is 0 Å². The van der Waals surface area contributed by atoms with Crippen LogP contribution in [-0.2, 0) is 6.42 Å². The van der Waals surface area contributed by atoms with Gasteiger partial charge in [-0.25, -0.2) is 0 Å². The van der Waals surface area contributed by atoms with Gasteiger partial charge in [-0.3, -0.25) is 4.79 Å². The zero-order valence-corrected chi connectivity index (χ0v) is 15.7. The van der Waals surface area contributed by atoms with E-state index in [4.69, 9.17) is 9.47 Å². The molecule has 0 aliphatic rings. The summed E-state index contributed by atoms with van der Waals surface area (Å²) >= 11 is 3.36. The van der Waals surface area contributed by atoms with E-state index < -0.39 is 0 Å². The summed E-state index contributed by atoms with van der Waals surface area (Å²) in [5, 5.41) is 0. The van der Waals surface area contributed by atoms with E-state index in [0.717, 1.165) is 39.9 Å². The first-order valence-electron chi connectivity index (χ1n) is 7.82. The van der Waals surface area contributed by atoms with Gasteiger partial charge in [-0.2, -0.15) is 0 Å². The van der Waals surface area contributed by atoms with Crippen LogP contribution in [0.2, 0.25) is 0 Å². The van der Waals surface area contributed by atoms with Crippen molar-refractivity contribution in [2.24, 2.45) is 0 Å². The number of allylic oxidation sites excluding steroid dienone is 1. The minimum atomic E-state index is -0.0545. The largest absolute Gasteiger partial charge is 0.496 e. The molecule has 0 heterocycles. The predicted molar refractivity (Wildman–Crippen MR) is 101 cm³/mol. The van der Waals surface area contributed by atoms with Crippen LogP contribution in [-0.4, -0.2) is 20.0 Å². The number of carbonyl (C=O) groups excluding carboxylic acids is 1. The predicted octanol–water partition coefficient (Wildman–Crippen LogP) is 5.31. The minimum Gasteiger partial charge on any atom is -0.496 e. The maximum absolute atomic E-state index is 12.3. The molecule has 2 rings (SSSR count). The van der Waals surface area contributed by atoms with Gasteiger partial charge in [-0.15, -0.1) is 0 Å². The van der Waals surface area contributed by atoms with E-state index in [9.17, 15) is 4.79 Å². The van der Waals surface area contributed by atoms with Crippen LogP contribution in [0.15, 0.2) is 46.9 Å². The lowest BCUT2D eigenvalue weighted by Crippen LogP contribution is -1.97. The quantitative estimate of drug-likeness (QED) is 0.475. The third-order valence-electron chi connectivity index (χ3n) is 3.70. The highest BCUT2D eigenvalue weighted by Crippen LogP contribution is 2.30. The fourth-order valence-electron chi connectivity index (χ4n) is 2.46. The molecular formula is C20H21BrO3. The zero-order chi connectivity index (χ0) is 17.5. The number of methoxy groups -OCH3 is 2. The van der Waals surface area contributed by atoms with E-state index in [1.54, 1.807) is 38.5 Å². The number of ether oxygens (including phenoxy) is 2. The van der Waals surface area contributed by atoms with Crippen LogP contribution in [0.5, 0.6) is 11.5 Å². The second kappa shape index (κ2) is 8.69.